The summed E-state index contributed by atoms with van der Waals surface area (Å²) in [4.78, 5) is 14.9. The summed E-state index contributed by atoms with van der Waals surface area (Å²) in [6.07, 6.45) is 1.79. The zero-order valence-corrected chi connectivity index (χ0v) is 13.5. The summed E-state index contributed by atoms with van der Waals surface area (Å²) in [5.74, 6) is 0.0308. The van der Waals surface area contributed by atoms with Crippen LogP contribution in [0.5, 0.6) is 0 Å². The first-order valence-electron chi connectivity index (χ1n) is 6.91. The summed E-state index contributed by atoms with van der Waals surface area (Å²) in [6.45, 7) is 6.91. The van der Waals surface area contributed by atoms with E-state index >= 15 is 0 Å². The molecule has 1 aromatic heterocycles. The Hall–Kier alpha value is -1.88. The second kappa shape index (κ2) is 6.26. The Morgan fingerprint density at radius 1 is 1.29 bits per heavy atom. The van der Waals surface area contributed by atoms with Crippen LogP contribution in [0.4, 0.5) is 0 Å². The fourth-order valence-corrected chi connectivity index (χ4v) is 2.72. The van der Waals surface area contributed by atoms with Gasteiger partial charge >= 0.3 is 0 Å². The zero-order chi connectivity index (χ0) is 15.5. The van der Waals surface area contributed by atoms with Gasteiger partial charge in [-0.25, -0.2) is 0 Å². The number of carbonyl (C=O) groups is 1. The number of aromatic nitrogens is 1. The predicted octanol–water partition coefficient (Wildman–Crippen LogP) is 2.86. The molecule has 112 valence electrons. The molecule has 0 unspecified atom stereocenters. The van der Waals surface area contributed by atoms with Gasteiger partial charge in [0, 0.05) is 23.7 Å². The second-order valence-corrected chi connectivity index (χ2v) is 6.87. The Morgan fingerprint density at radius 2 is 1.95 bits per heavy atom. The fourth-order valence-electron chi connectivity index (χ4n) is 2.12. The molecule has 0 spiro atoms. The van der Waals surface area contributed by atoms with Crippen molar-refractivity contribution in [2.45, 2.75) is 39.4 Å². The third kappa shape index (κ3) is 4.04. The van der Waals surface area contributed by atoms with Gasteiger partial charge in [-0.15, -0.1) is 11.3 Å². The molecule has 0 radical (unpaired) electrons. The van der Waals surface area contributed by atoms with Gasteiger partial charge in [0.25, 0.3) is 0 Å². The van der Waals surface area contributed by atoms with Crippen LogP contribution >= 0.6 is 11.3 Å². The summed E-state index contributed by atoms with van der Waals surface area (Å²) in [5, 5.41) is 9.60. The number of hydrogen-bond acceptors (Lipinski definition) is 3. The first-order chi connectivity index (χ1) is 9.88. The monoisotopic (exact) mass is 303 g/mol. The molecule has 1 heterocycles. The van der Waals surface area contributed by atoms with Crippen molar-refractivity contribution in [1.82, 2.24) is 9.47 Å². The van der Waals surface area contributed by atoms with Crippen molar-refractivity contribution in [2.24, 2.45) is 0 Å². The lowest BCUT2D eigenvalue weighted by atomic mass is 10.0. The first kappa shape index (κ1) is 15.5. The van der Waals surface area contributed by atoms with E-state index in [1.807, 2.05) is 61.4 Å². The fraction of sp³-hybridized carbons (Fsp3) is 0.375. The molecule has 1 aromatic carbocycles. The van der Waals surface area contributed by atoms with E-state index in [4.69, 9.17) is 5.41 Å². The maximum Gasteiger partial charge on any atom is 0.243 e. The number of hydrogen-bond donors (Lipinski definition) is 1. The van der Waals surface area contributed by atoms with Gasteiger partial charge in [-0.3, -0.25) is 10.2 Å². The summed E-state index contributed by atoms with van der Waals surface area (Å²) in [5.41, 5.74) is 0.855. The third-order valence-corrected chi connectivity index (χ3v) is 4.00. The molecule has 0 saturated heterocycles. The molecule has 21 heavy (non-hydrogen) atoms. The summed E-state index contributed by atoms with van der Waals surface area (Å²) >= 11 is 1.33. The number of benzene rings is 1. The van der Waals surface area contributed by atoms with Crippen LogP contribution in [0.15, 0.2) is 41.9 Å². The van der Waals surface area contributed by atoms with Crippen molar-refractivity contribution in [3.63, 3.8) is 0 Å². The highest BCUT2D eigenvalue weighted by molar-refractivity contribution is 7.06. The van der Waals surface area contributed by atoms with Crippen molar-refractivity contribution in [3.05, 3.63) is 52.3 Å². The maximum atomic E-state index is 12.6. The van der Waals surface area contributed by atoms with Gasteiger partial charge in [0.15, 0.2) is 4.80 Å². The van der Waals surface area contributed by atoms with Crippen LogP contribution in [0.2, 0.25) is 0 Å². The van der Waals surface area contributed by atoms with E-state index in [1.54, 1.807) is 10.8 Å². The number of amides is 1. The maximum absolute atomic E-state index is 12.6. The van der Waals surface area contributed by atoms with Crippen LogP contribution in [0.25, 0.3) is 0 Å². The first-order valence-corrected chi connectivity index (χ1v) is 7.79. The van der Waals surface area contributed by atoms with E-state index in [2.05, 4.69) is 0 Å². The lowest BCUT2D eigenvalue weighted by Gasteiger charge is -2.36. The number of rotatable bonds is 4. The lowest BCUT2D eigenvalue weighted by molar-refractivity contribution is -0.137. The smallest absolute Gasteiger partial charge is 0.243 e. The minimum Gasteiger partial charge on any atom is -0.332 e. The minimum absolute atomic E-state index is 0.0308. The van der Waals surface area contributed by atoms with Gasteiger partial charge in [-0.1, -0.05) is 30.3 Å². The molecule has 0 fully saturated rings. The molecule has 2 aromatic rings. The van der Waals surface area contributed by atoms with Gasteiger partial charge in [0.05, 0.1) is 0 Å². The molecule has 2 rings (SSSR count). The highest BCUT2D eigenvalue weighted by Gasteiger charge is 2.26. The largest absolute Gasteiger partial charge is 0.332 e. The number of nitrogens with zero attached hydrogens (tertiary/aromatic N) is 2. The summed E-state index contributed by atoms with van der Waals surface area (Å²) in [7, 11) is 0. The van der Waals surface area contributed by atoms with E-state index < -0.39 is 0 Å². The normalized spacial score (nSPS) is 11.4. The summed E-state index contributed by atoms with van der Waals surface area (Å²) < 4.78 is 1.68. The number of carbonyl (C=O) groups excluding carboxylic acids is 1. The van der Waals surface area contributed by atoms with Crippen molar-refractivity contribution < 1.29 is 4.79 Å². The van der Waals surface area contributed by atoms with E-state index in [-0.39, 0.29) is 18.0 Å². The Balaban J connectivity index is 2.18. The van der Waals surface area contributed by atoms with Crippen molar-refractivity contribution >= 4 is 17.2 Å². The SMILES string of the molecule is CC(C)(C)N(Cc1ccccc1)C(=O)Cn1ccsc1=N. The van der Waals surface area contributed by atoms with Gasteiger partial charge in [-0.2, -0.15) is 0 Å². The molecule has 4 nitrogen and oxygen atoms in total. The topological polar surface area (TPSA) is 49.1 Å². The van der Waals surface area contributed by atoms with Gasteiger partial charge < -0.3 is 9.47 Å². The van der Waals surface area contributed by atoms with E-state index in [0.717, 1.165) is 5.56 Å². The van der Waals surface area contributed by atoms with Gasteiger partial charge in [0.2, 0.25) is 5.91 Å². The highest BCUT2D eigenvalue weighted by Crippen LogP contribution is 2.18. The molecule has 5 heteroatoms. The Bertz CT molecular complexity index is 652. The molecule has 0 atom stereocenters. The predicted molar refractivity (Wildman–Crippen MR) is 84.9 cm³/mol. The molecule has 0 saturated carbocycles. The van der Waals surface area contributed by atoms with Crippen LogP contribution in [0, 0.1) is 5.41 Å². The molecule has 0 bridgehead atoms. The average molecular weight is 303 g/mol. The molecular weight excluding hydrogens is 282 g/mol. The van der Waals surface area contributed by atoms with Crippen LogP contribution in [0.3, 0.4) is 0 Å². The second-order valence-electron chi connectivity index (χ2n) is 5.97. The van der Waals surface area contributed by atoms with E-state index in [0.29, 0.717) is 11.3 Å². The summed E-state index contributed by atoms with van der Waals surface area (Å²) in [6, 6.07) is 9.99. The quantitative estimate of drug-likeness (QED) is 0.927. The lowest BCUT2D eigenvalue weighted by Crippen LogP contribution is -2.47. The van der Waals surface area contributed by atoms with Gasteiger partial charge in [-0.05, 0) is 26.3 Å². The zero-order valence-electron chi connectivity index (χ0n) is 12.7. The Morgan fingerprint density at radius 3 is 2.48 bits per heavy atom. The molecule has 0 aliphatic rings. The number of thiazole rings is 1. The Labute approximate surface area is 129 Å². The van der Waals surface area contributed by atoms with E-state index in [9.17, 15) is 4.79 Å². The van der Waals surface area contributed by atoms with E-state index in [1.165, 1.54) is 11.3 Å². The van der Waals surface area contributed by atoms with Gasteiger partial charge in [0.1, 0.15) is 6.54 Å². The molecule has 1 amide bonds. The Kier molecular flexibility index (Phi) is 4.63. The minimum atomic E-state index is -0.258. The van der Waals surface area contributed by atoms with Crippen LogP contribution in [0.1, 0.15) is 26.3 Å². The van der Waals surface area contributed by atoms with Crippen LogP contribution in [-0.2, 0) is 17.9 Å². The average Bonchev–Trinajstić information content (AvgIpc) is 2.81. The van der Waals surface area contributed by atoms with Crippen LogP contribution in [-0.4, -0.2) is 20.9 Å². The van der Waals surface area contributed by atoms with Crippen molar-refractivity contribution in [3.8, 4) is 0 Å². The molecular formula is C16H21N3OS. The van der Waals surface area contributed by atoms with Crippen molar-refractivity contribution in [2.75, 3.05) is 0 Å². The molecule has 0 aliphatic heterocycles. The highest BCUT2D eigenvalue weighted by atomic mass is 32.1. The molecule has 0 aliphatic carbocycles. The number of nitrogens with one attached hydrogen (secondary N) is 1. The van der Waals surface area contributed by atoms with Crippen molar-refractivity contribution in [1.29, 1.82) is 5.41 Å². The van der Waals surface area contributed by atoms with Crippen LogP contribution < -0.4 is 4.80 Å². The standard InChI is InChI=1S/C16H21N3OS/c1-16(2,3)19(11-13-7-5-4-6-8-13)14(20)12-18-9-10-21-15(18)17/h4-10,17H,11-12H2,1-3H3. The molecule has 1 N–H and O–H groups in total. The third-order valence-electron chi connectivity index (χ3n) is 3.28.